The minimum absolute atomic E-state index is 0.537. The summed E-state index contributed by atoms with van der Waals surface area (Å²) in [5, 5.41) is 6.30. The van der Waals surface area contributed by atoms with Crippen LogP contribution in [0.1, 0.15) is 0 Å². The number of rotatable bonds is 4. The number of para-hydroxylation sites is 4. The van der Waals surface area contributed by atoms with Crippen molar-refractivity contribution in [3.8, 4) is 45.3 Å². The number of aromatic nitrogens is 3. The molecule has 7 aromatic carbocycles. The zero-order valence-electron chi connectivity index (χ0n) is 27.0. The first-order valence-corrected chi connectivity index (χ1v) is 16.9. The summed E-state index contributed by atoms with van der Waals surface area (Å²) in [6.45, 7) is 0. The molecular weight excluding hydrogens is 631 g/mol. The lowest BCUT2D eigenvalue weighted by Crippen LogP contribution is -2.00. The van der Waals surface area contributed by atoms with Crippen molar-refractivity contribution in [1.29, 1.82) is 0 Å². The molecule has 0 aliphatic heterocycles. The molecule has 0 radical (unpaired) electrons. The smallest absolute Gasteiger partial charge is 0.167 e. The minimum Gasteiger partial charge on any atom is -0.456 e. The summed E-state index contributed by atoms with van der Waals surface area (Å²) in [6.07, 6.45) is 0. The quantitative estimate of drug-likeness (QED) is 0.188. The molecule has 11 aromatic rings. The molecule has 4 aromatic heterocycles. The van der Waals surface area contributed by atoms with Gasteiger partial charge >= 0.3 is 0 Å². The third kappa shape index (κ3) is 4.26. The van der Waals surface area contributed by atoms with Crippen molar-refractivity contribution in [2.45, 2.75) is 0 Å². The molecule has 0 saturated heterocycles. The van der Waals surface area contributed by atoms with Gasteiger partial charge in [0.1, 0.15) is 33.5 Å². The lowest BCUT2D eigenvalue weighted by molar-refractivity contribution is 0.668. The third-order valence-electron chi connectivity index (χ3n) is 9.76. The van der Waals surface area contributed by atoms with Crippen molar-refractivity contribution >= 4 is 65.8 Å². The fraction of sp³-hybridized carbons (Fsp3) is 0. The van der Waals surface area contributed by atoms with Gasteiger partial charge in [-0.1, -0.05) is 115 Å². The molecule has 0 amide bonds. The van der Waals surface area contributed by atoms with Crippen LogP contribution in [0.15, 0.2) is 165 Å². The number of furan rings is 3. The van der Waals surface area contributed by atoms with E-state index < -0.39 is 0 Å². The Balaban J connectivity index is 1.10. The van der Waals surface area contributed by atoms with E-state index in [1.54, 1.807) is 0 Å². The van der Waals surface area contributed by atoms with E-state index in [2.05, 4.69) is 54.6 Å². The van der Waals surface area contributed by atoms with Crippen molar-refractivity contribution in [2.24, 2.45) is 0 Å². The maximum Gasteiger partial charge on any atom is 0.167 e. The molecule has 0 fully saturated rings. The van der Waals surface area contributed by atoms with E-state index >= 15 is 0 Å². The van der Waals surface area contributed by atoms with Crippen molar-refractivity contribution in [3.05, 3.63) is 152 Å². The van der Waals surface area contributed by atoms with Crippen LogP contribution in [-0.2, 0) is 0 Å². The molecule has 0 aliphatic carbocycles. The van der Waals surface area contributed by atoms with E-state index in [4.69, 9.17) is 28.2 Å². The second-order valence-electron chi connectivity index (χ2n) is 12.7. The Morgan fingerprint density at radius 2 is 0.863 bits per heavy atom. The summed E-state index contributed by atoms with van der Waals surface area (Å²) in [5.41, 5.74) is 9.44. The van der Waals surface area contributed by atoms with Gasteiger partial charge in [0.25, 0.3) is 0 Å². The summed E-state index contributed by atoms with van der Waals surface area (Å²) in [4.78, 5) is 15.0. The van der Waals surface area contributed by atoms with Crippen LogP contribution in [0.3, 0.4) is 0 Å². The molecule has 0 bridgehead atoms. The summed E-state index contributed by atoms with van der Waals surface area (Å²) < 4.78 is 19.4. The maximum atomic E-state index is 6.55. The first-order valence-electron chi connectivity index (χ1n) is 16.9. The average Bonchev–Trinajstić information content (AvgIpc) is 3.89. The Morgan fingerprint density at radius 3 is 1.61 bits per heavy atom. The van der Waals surface area contributed by atoms with Crippen molar-refractivity contribution in [1.82, 2.24) is 15.0 Å². The monoisotopic (exact) mass is 655 g/mol. The van der Waals surface area contributed by atoms with E-state index in [0.717, 1.165) is 93.6 Å². The van der Waals surface area contributed by atoms with Crippen molar-refractivity contribution in [2.75, 3.05) is 0 Å². The summed E-state index contributed by atoms with van der Waals surface area (Å²) >= 11 is 0. The number of hydrogen-bond acceptors (Lipinski definition) is 6. The molecule has 51 heavy (non-hydrogen) atoms. The van der Waals surface area contributed by atoms with Gasteiger partial charge in [-0.05, 0) is 42.0 Å². The second-order valence-corrected chi connectivity index (χ2v) is 12.7. The first-order chi connectivity index (χ1) is 25.3. The third-order valence-corrected chi connectivity index (χ3v) is 9.76. The average molecular weight is 656 g/mol. The zero-order valence-corrected chi connectivity index (χ0v) is 27.0. The highest BCUT2D eigenvalue weighted by Gasteiger charge is 2.20. The van der Waals surface area contributed by atoms with Crippen LogP contribution in [0.5, 0.6) is 0 Å². The minimum atomic E-state index is 0.537. The highest BCUT2D eigenvalue weighted by molar-refractivity contribution is 6.17. The van der Waals surface area contributed by atoms with Crippen LogP contribution in [0.4, 0.5) is 0 Å². The maximum absolute atomic E-state index is 6.55. The lowest BCUT2D eigenvalue weighted by atomic mass is 9.97. The van der Waals surface area contributed by atoms with Gasteiger partial charge in [-0.2, -0.15) is 0 Å². The van der Waals surface area contributed by atoms with Crippen LogP contribution < -0.4 is 0 Å². The fourth-order valence-corrected chi connectivity index (χ4v) is 7.41. The highest BCUT2D eigenvalue weighted by Crippen LogP contribution is 2.42. The SMILES string of the molecule is c1ccc(-c2nc(-c3ccc4c(c3)oc3cccc(-c5cccc6c5oc5ccccc56)c34)nc(-c3cccc4c3oc3ccccc34)n2)cc1. The van der Waals surface area contributed by atoms with E-state index in [0.29, 0.717) is 17.5 Å². The summed E-state index contributed by atoms with van der Waals surface area (Å²) in [6, 6.07) is 51.0. The largest absolute Gasteiger partial charge is 0.456 e. The standard InChI is InChI=1S/C45H25N3O3/c1-2-11-26(12-3-1)43-46-44(48-45(47-43)35-19-9-17-32-29-14-5-7-21-37(29)51-42(32)35)27-23-24-34-39(25-27)49-38-22-10-15-30(40(34)38)33-18-8-16-31-28-13-4-6-20-36(28)50-41(31)33/h1-25H. The van der Waals surface area contributed by atoms with Gasteiger partial charge in [0, 0.05) is 49.0 Å². The summed E-state index contributed by atoms with van der Waals surface area (Å²) in [7, 11) is 0. The molecular formula is C45H25N3O3. The lowest BCUT2D eigenvalue weighted by Gasteiger charge is -2.09. The zero-order chi connectivity index (χ0) is 33.5. The molecule has 0 N–H and O–H groups in total. The van der Waals surface area contributed by atoms with E-state index in [1.807, 2.05) is 97.1 Å². The Kier molecular flexibility index (Phi) is 5.86. The van der Waals surface area contributed by atoms with Crippen molar-refractivity contribution in [3.63, 3.8) is 0 Å². The van der Waals surface area contributed by atoms with Gasteiger partial charge in [-0.15, -0.1) is 0 Å². The molecule has 11 rings (SSSR count). The van der Waals surface area contributed by atoms with Crippen LogP contribution in [0.25, 0.3) is 111 Å². The van der Waals surface area contributed by atoms with Gasteiger partial charge in [0.05, 0.1) is 5.56 Å². The van der Waals surface area contributed by atoms with Gasteiger partial charge < -0.3 is 13.3 Å². The van der Waals surface area contributed by atoms with Crippen LogP contribution in [0.2, 0.25) is 0 Å². The van der Waals surface area contributed by atoms with Crippen LogP contribution in [-0.4, -0.2) is 15.0 Å². The summed E-state index contributed by atoms with van der Waals surface area (Å²) in [5.74, 6) is 1.66. The van der Waals surface area contributed by atoms with E-state index in [-0.39, 0.29) is 0 Å². The molecule has 0 atom stereocenters. The number of hydrogen-bond donors (Lipinski definition) is 0. The number of benzene rings is 7. The van der Waals surface area contributed by atoms with E-state index in [1.165, 1.54) is 0 Å². The molecule has 6 nitrogen and oxygen atoms in total. The Morgan fingerprint density at radius 1 is 0.314 bits per heavy atom. The molecule has 4 heterocycles. The Hall–Kier alpha value is -7.05. The van der Waals surface area contributed by atoms with Gasteiger partial charge in [0.2, 0.25) is 0 Å². The van der Waals surface area contributed by atoms with E-state index in [9.17, 15) is 0 Å². The molecule has 0 saturated carbocycles. The Labute approximate surface area is 290 Å². The number of fused-ring (bicyclic) bond motifs is 9. The van der Waals surface area contributed by atoms with Gasteiger partial charge in [0.15, 0.2) is 17.5 Å². The number of nitrogens with zero attached hydrogens (tertiary/aromatic N) is 3. The molecule has 0 aliphatic rings. The highest BCUT2D eigenvalue weighted by atomic mass is 16.3. The first kappa shape index (κ1) is 27.9. The molecule has 238 valence electrons. The second kappa shape index (κ2) is 10.7. The predicted octanol–water partition coefficient (Wildman–Crippen LogP) is 12.2. The van der Waals surface area contributed by atoms with Crippen molar-refractivity contribution < 1.29 is 13.3 Å². The van der Waals surface area contributed by atoms with Gasteiger partial charge in [-0.25, -0.2) is 15.0 Å². The topological polar surface area (TPSA) is 78.1 Å². The molecule has 0 unspecified atom stereocenters. The molecule has 6 heteroatoms. The Bertz CT molecular complexity index is 3150. The normalized spacial score (nSPS) is 11.9. The van der Waals surface area contributed by atoms with Crippen LogP contribution >= 0.6 is 0 Å². The van der Waals surface area contributed by atoms with Gasteiger partial charge in [-0.3, -0.25) is 0 Å². The fourth-order valence-electron chi connectivity index (χ4n) is 7.41. The molecule has 0 spiro atoms. The predicted molar refractivity (Wildman–Crippen MR) is 203 cm³/mol. The van der Waals surface area contributed by atoms with Crippen LogP contribution in [0, 0.1) is 0 Å².